The fourth-order valence-electron chi connectivity index (χ4n) is 13.6. The van der Waals surface area contributed by atoms with Gasteiger partial charge in [-0.25, -0.2) is 18.6 Å². The molecule has 416 valence electrons. The molecule has 4 amide bonds. The first-order valence-corrected chi connectivity index (χ1v) is 28.4. The van der Waals surface area contributed by atoms with Crippen LogP contribution >= 0.6 is 0 Å². The van der Waals surface area contributed by atoms with E-state index in [9.17, 15) is 23.6 Å². The number of piperidine rings is 3. The number of carbonyl (C=O) groups is 4. The number of terminal acetylenes is 1. The lowest BCUT2D eigenvalue weighted by Gasteiger charge is -2.37. The summed E-state index contributed by atoms with van der Waals surface area (Å²) < 4.78 is 49.0. The largest absolute Gasteiger partial charge is 0.461 e. The normalized spacial score (nSPS) is 21.8. The molecule has 2 unspecified atom stereocenters. The Labute approximate surface area is 460 Å². The van der Waals surface area contributed by atoms with Crippen LogP contribution in [0.2, 0.25) is 0 Å². The molecule has 2 aromatic heterocycles. The summed E-state index contributed by atoms with van der Waals surface area (Å²) in [7, 11) is 1.44. The minimum Gasteiger partial charge on any atom is -0.461 e. The standard InChI is InChI=1S/C34H33F2N5O2.C27H38N4O5/c1-2-23-25(35)11-9-21-7-3-8-24(27(21)23)30-29(36)31-28-26(37-30)12-10-22-19-42-18-6-17-41(22)32(28)39-33(38-31)43-20-34-13-4-15-40(34)16-5-14-34;1-19-3-4-22(15-23(19)17-31(18-32)24-5-6-25(33)28-26(24)34)21-9-11-29(12-10-21)16-20-7-13-30(14-8-20)27(35)36-2/h1,3,7-9,11,22H,4-6,10,12-20H2;3-4,15,18,20-21,24H,5-14,16-17H2,1-2H3,(H,28,33,34). The van der Waals surface area contributed by atoms with Crippen molar-refractivity contribution in [2.75, 3.05) is 84.2 Å². The monoisotopic (exact) mass is 1080 g/mol. The van der Waals surface area contributed by atoms with Gasteiger partial charge in [0.2, 0.25) is 18.2 Å². The van der Waals surface area contributed by atoms with E-state index in [0.717, 1.165) is 134 Å². The third kappa shape index (κ3) is 11.1. The second-order valence-electron chi connectivity index (χ2n) is 22.7. The Morgan fingerprint density at radius 2 is 1.72 bits per heavy atom. The molecule has 3 aromatic carbocycles. The van der Waals surface area contributed by atoms with E-state index < -0.39 is 23.6 Å². The molecule has 0 radical (unpaired) electrons. The number of nitrogens with zero attached hydrogens (tertiary/aromatic N) is 8. The number of hydrogen-bond acceptors (Lipinski definition) is 13. The van der Waals surface area contributed by atoms with Gasteiger partial charge in [0.25, 0.3) is 0 Å². The number of halogens is 2. The molecule has 0 saturated carbocycles. The zero-order valence-electron chi connectivity index (χ0n) is 45.5. The lowest BCUT2D eigenvalue weighted by molar-refractivity contribution is -0.141. The van der Waals surface area contributed by atoms with Gasteiger partial charge in [-0.05, 0) is 150 Å². The minimum atomic E-state index is -0.606. The van der Waals surface area contributed by atoms with Gasteiger partial charge in [0.05, 0.1) is 41.9 Å². The number of ether oxygens (including phenoxy) is 3. The third-order valence-electron chi connectivity index (χ3n) is 18.0. The molecule has 7 aliphatic heterocycles. The SMILES string of the molecule is C#Cc1c(F)ccc2cccc(-c3nc4c5c(nc(OCC67CCCN6CCC7)nc5c3F)N3CCCOCC3CC4)c12.COC(=O)N1CCC(CN2CCC(c3ccc(C)c(CN(C=O)C4CCC(=O)NC4=O)c3)CC2)CC1. The van der Waals surface area contributed by atoms with E-state index in [1.165, 1.54) is 23.6 Å². The molecule has 6 saturated heterocycles. The Kier molecular flexibility index (Phi) is 16.1. The highest BCUT2D eigenvalue weighted by molar-refractivity contribution is 6.03. The zero-order valence-corrected chi connectivity index (χ0v) is 45.5. The summed E-state index contributed by atoms with van der Waals surface area (Å²) in [5.41, 5.74) is 4.95. The molecule has 6 fully saturated rings. The predicted molar refractivity (Wildman–Crippen MR) is 295 cm³/mol. The van der Waals surface area contributed by atoms with Crippen molar-refractivity contribution in [3.05, 3.63) is 88.1 Å². The number of hydrogen-bond donors (Lipinski definition) is 1. The third-order valence-corrected chi connectivity index (χ3v) is 18.0. The molecule has 0 bridgehead atoms. The summed E-state index contributed by atoms with van der Waals surface area (Å²) >= 11 is 0. The van der Waals surface area contributed by atoms with Crippen molar-refractivity contribution in [3.63, 3.8) is 0 Å². The summed E-state index contributed by atoms with van der Waals surface area (Å²) in [5, 5.41) is 4.14. The number of amides is 4. The van der Waals surface area contributed by atoms with Gasteiger partial charge in [0.15, 0.2) is 5.82 Å². The summed E-state index contributed by atoms with van der Waals surface area (Å²) in [5.74, 6) is 2.44. The highest BCUT2D eigenvalue weighted by Crippen LogP contribution is 2.43. The van der Waals surface area contributed by atoms with Gasteiger partial charge in [0, 0.05) is 56.7 Å². The average Bonchev–Trinajstić information content (AvgIpc) is 4.19. The maximum absolute atomic E-state index is 16.9. The smallest absolute Gasteiger partial charge is 0.409 e. The number of aromatic nitrogens is 3. The molecule has 16 nitrogen and oxygen atoms in total. The topological polar surface area (TPSA) is 163 Å². The van der Waals surface area contributed by atoms with Crippen molar-refractivity contribution >= 4 is 51.8 Å². The van der Waals surface area contributed by atoms with Gasteiger partial charge in [-0.1, -0.05) is 48.4 Å². The Bertz CT molecular complexity index is 3160. The van der Waals surface area contributed by atoms with E-state index >= 15 is 4.39 Å². The number of carbonyl (C=O) groups excluding carboxylic acids is 4. The van der Waals surface area contributed by atoms with Crippen LogP contribution < -0.4 is 15.0 Å². The molecule has 5 aromatic rings. The number of likely N-dealkylation sites (tertiary alicyclic amines) is 2. The first kappa shape index (κ1) is 54.2. The van der Waals surface area contributed by atoms with Gasteiger partial charge in [0.1, 0.15) is 35.5 Å². The molecule has 1 N–H and O–H groups in total. The van der Waals surface area contributed by atoms with Crippen LogP contribution in [-0.4, -0.2) is 156 Å². The Hall–Kier alpha value is -6.81. The predicted octanol–water partition coefficient (Wildman–Crippen LogP) is 8.07. The van der Waals surface area contributed by atoms with E-state index in [-0.39, 0.29) is 52.8 Å². The van der Waals surface area contributed by atoms with Crippen LogP contribution in [0.25, 0.3) is 32.9 Å². The number of anilines is 1. The summed E-state index contributed by atoms with van der Waals surface area (Å²) in [6.07, 6.45) is 17.8. The first-order valence-electron chi connectivity index (χ1n) is 28.4. The number of imide groups is 1. The van der Waals surface area contributed by atoms with Crippen LogP contribution in [0.1, 0.15) is 111 Å². The zero-order chi connectivity index (χ0) is 54.8. The fourth-order valence-corrected chi connectivity index (χ4v) is 13.6. The maximum Gasteiger partial charge on any atom is 0.409 e. The van der Waals surface area contributed by atoms with Crippen LogP contribution in [0.5, 0.6) is 6.01 Å². The van der Waals surface area contributed by atoms with E-state index in [1.807, 2.05) is 19.1 Å². The number of fused-ring (bicyclic) bond motifs is 4. The van der Waals surface area contributed by atoms with Crippen LogP contribution in [0, 0.1) is 36.8 Å². The highest BCUT2D eigenvalue weighted by Gasteiger charge is 2.45. The fraction of sp³-hybridized carbons (Fsp3) is 0.525. The second kappa shape index (κ2) is 23.5. The van der Waals surface area contributed by atoms with E-state index in [4.69, 9.17) is 35.6 Å². The lowest BCUT2D eigenvalue weighted by Crippen LogP contribution is -2.51. The van der Waals surface area contributed by atoms with Crippen molar-refractivity contribution in [1.29, 1.82) is 0 Å². The van der Waals surface area contributed by atoms with Crippen LogP contribution in [0.15, 0.2) is 48.5 Å². The Morgan fingerprint density at radius 1 is 0.924 bits per heavy atom. The van der Waals surface area contributed by atoms with Crippen molar-refractivity contribution < 1.29 is 42.2 Å². The molecule has 0 spiro atoms. The minimum absolute atomic E-state index is 0.00280. The molecule has 2 atom stereocenters. The Balaban J connectivity index is 0.000000170. The lowest BCUT2D eigenvalue weighted by atomic mass is 9.86. The van der Waals surface area contributed by atoms with Gasteiger partial charge >= 0.3 is 12.1 Å². The van der Waals surface area contributed by atoms with Crippen LogP contribution in [0.3, 0.4) is 0 Å². The van der Waals surface area contributed by atoms with Crippen LogP contribution in [0.4, 0.5) is 19.4 Å². The number of aryl methyl sites for hydroxylation is 2. The van der Waals surface area contributed by atoms with Crippen molar-refractivity contribution in [2.45, 2.75) is 120 Å². The summed E-state index contributed by atoms with van der Waals surface area (Å²) in [6, 6.07) is 14.6. The van der Waals surface area contributed by atoms with Crippen molar-refractivity contribution in [1.82, 2.24) is 39.9 Å². The highest BCUT2D eigenvalue weighted by atomic mass is 19.1. The molecule has 9 heterocycles. The van der Waals surface area contributed by atoms with Crippen molar-refractivity contribution in [2.24, 2.45) is 5.92 Å². The molecular weight excluding hydrogens is 1010 g/mol. The van der Waals surface area contributed by atoms with E-state index in [0.29, 0.717) is 84.3 Å². The number of methoxy groups -OCH3 is 1. The number of pyridine rings is 1. The van der Waals surface area contributed by atoms with Crippen molar-refractivity contribution in [3.8, 4) is 29.6 Å². The number of rotatable bonds is 11. The molecule has 7 aliphatic rings. The molecule has 0 aliphatic carbocycles. The van der Waals surface area contributed by atoms with Gasteiger partial charge < -0.3 is 33.8 Å². The molecule has 79 heavy (non-hydrogen) atoms. The second-order valence-corrected chi connectivity index (χ2v) is 22.7. The van der Waals surface area contributed by atoms with Gasteiger partial charge in [-0.15, -0.1) is 6.42 Å². The molecule has 12 rings (SSSR count). The van der Waals surface area contributed by atoms with Crippen LogP contribution in [-0.2, 0) is 36.8 Å². The quantitative estimate of drug-likeness (QED) is 0.0769. The van der Waals surface area contributed by atoms with E-state index in [1.54, 1.807) is 17.0 Å². The van der Waals surface area contributed by atoms with Gasteiger partial charge in [-0.2, -0.15) is 9.97 Å². The summed E-state index contributed by atoms with van der Waals surface area (Å²) in [4.78, 5) is 72.5. The summed E-state index contributed by atoms with van der Waals surface area (Å²) in [6.45, 7) is 11.8. The molecule has 18 heteroatoms. The van der Waals surface area contributed by atoms with Gasteiger partial charge in [-0.3, -0.25) is 24.6 Å². The Morgan fingerprint density at radius 3 is 2.47 bits per heavy atom. The number of nitrogens with one attached hydrogen (secondary N) is 1. The van der Waals surface area contributed by atoms with E-state index in [2.05, 4.69) is 44.1 Å². The maximum atomic E-state index is 16.9. The molecular formula is C61H71F2N9O7. The first-order chi connectivity index (χ1) is 38.4. The number of benzene rings is 3. The average molecular weight is 1080 g/mol.